The molecule has 0 amide bonds. The van der Waals surface area contributed by atoms with E-state index in [-0.39, 0.29) is 24.8 Å². The summed E-state index contributed by atoms with van der Waals surface area (Å²) in [4.78, 5) is 23.2. The first kappa shape index (κ1) is 17.4. The Labute approximate surface area is 141 Å². The van der Waals surface area contributed by atoms with E-state index in [4.69, 9.17) is 9.47 Å². The zero-order chi connectivity index (χ0) is 16.7. The summed E-state index contributed by atoms with van der Waals surface area (Å²) in [6.45, 7) is -0.0175. The van der Waals surface area contributed by atoms with Crippen molar-refractivity contribution in [1.29, 1.82) is 0 Å². The number of rotatable bonds is 6. The molecule has 7 heteroatoms. The maximum absolute atomic E-state index is 12.7. The standard InChI is InChI=1S/2C8H6FO2.Sn/c2*9-8-3-1-7(2-4-8)5-11-6-10;/h2*1-4H,5H2;. The van der Waals surface area contributed by atoms with Gasteiger partial charge in [-0.15, -0.1) is 0 Å². The molecule has 0 aliphatic rings. The van der Waals surface area contributed by atoms with Gasteiger partial charge in [-0.1, -0.05) is 0 Å². The van der Waals surface area contributed by atoms with Gasteiger partial charge in [0.15, 0.2) is 0 Å². The molecule has 0 aliphatic carbocycles. The van der Waals surface area contributed by atoms with Gasteiger partial charge in [0.2, 0.25) is 0 Å². The summed E-state index contributed by atoms with van der Waals surface area (Å²) in [7, 11) is 0. The Hall–Kier alpha value is -1.96. The molecule has 0 aliphatic heterocycles. The number of hydrogen-bond donors (Lipinski definition) is 0. The summed E-state index contributed by atoms with van der Waals surface area (Å²) in [5, 5.41) is 0. The van der Waals surface area contributed by atoms with E-state index in [0.29, 0.717) is 11.1 Å². The van der Waals surface area contributed by atoms with Crippen LogP contribution in [0.15, 0.2) is 48.5 Å². The Bertz CT molecular complexity index is 612. The molecule has 0 heterocycles. The van der Waals surface area contributed by atoms with Gasteiger partial charge < -0.3 is 0 Å². The molecule has 0 fully saturated rings. The third-order valence-corrected chi connectivity index (χ3v) is 4.76. The second kappa shape index (κ2) is 8.61. The van der Waals surface area contributed by atoms with Crippen LogP contribution >= 0.6 is 0 Å². The van der Waals surface area contributed by atoms with Crippen molar-refractivity contribution < 1.29 is 27.8 Å². The molecule has 0 saturated heterocycles. The van der Waals surface area contributed by atoms with Crippen LogP contribution in [-0.4, -0.2) is 29.1 Å². The van der Waals surface area contributed by atoms with Crippen molar-refractivity contribution in [3.05, 3.63) is 71.3 Å². The molecule has 0 atom stereocenters. The summed E-state index contributed by atoms with van der Waals surface area (Å²) in [6.07, 6.45) is 0. The Balaban J connectivity index is 1.70. The summed E-state index contributed by atoms with van der Waals surface area (Å²) in [6, 6.07) is 11.1. The first-order valence-corrected chi connectivity index (χ1v) is 9.48. The number of hydrogen-bond acceptors (Lipinski definition) is 4. The normalized spacial score (nSPS) is 10.2. The van der Waals surface area contributed by atoms with Crippen molar-refractivity contribution in [2.45, 2.75) is 13.2 Å². The van der Waals surface area contributed by atoms with E-state index < -0.39 is 29.1 Å². The first-order chi connectivity index (χ1) is 11.0. The molecular weight excluding hydrogens is 413 g/mol. The Morgan fingerprint density at radius 3 is 1.43 bits per heavy atom. The molecule has 0 spiro atoms. The molecule has 2 radical (unpaired) electrons. The van der Waals surface area contributed by atoms with Crippen LogP contribution in [0.4, 0.5) is 18.4 Å². The monoisotopic (exact) mass is 426 g/mol. The molecule has 118 valence electrons. The average Bonchev–Trinajstić information content (AvgIpc) is 2.54. The molecule has 2 aromatic carbocycles. The van der Waals surface area contributed by atoms with Crippen molar-refractivity contribution in [2.75, 3.05) is 0 Å². The van der Waals surface area contributed by atoms with Crippen LogP contribution in [0, 0.1) is 11.6 Å². The van der Waals surface area contributed by atoms with Crippen molar-refractivity contribution in [3.63, 3.8) is 0 Å². The van der Waals surface area contributed by atoms with Gasteiger partial charge in [0.25, 0.3) is 0 Å². The number of carbonyl (C=O) groups is 2. The van der Waals surface area contributed by atoms with Crippen LogP contribution in [0.3, 0.4) is 0 Å². The van der Waals surface area contributed by atoms with Crippen molar-refractivity contribution >= 4 is 29.1 Å². The number of carbonyl (C=O) groups excluding carboxylic acids is 2. The van der Waals surface area contributed by atoms with E-state index in [2.05, 4.69) is 0 Å². The summed E-state index contributed by atoms with van der Waals surface area (Å²) >= 11 is -2.16. The van der Waals surface area contributed by atoms with Gasteiger partial charge >= 0.3 is 141 Å². The third-order valence-electron chi connectivity index (χ3n) is 2.77. The van der Waals surface area contributed by atoms with E-state index in [1.807, 2.05) is 0 Å². The molecule has 4 nitrogen and oxygen atoms in total. The summed E-state index contributed by atoms with van der Waals surface area (Å²) in [5.74, 6) is -0.748. The van der Waals surface area contributed by atoms with E-state index in [1.54, 1.807) is 0 Å². The van der Waals surface area contributed by atoms with Crippen LogP contribution in [0.1, 0.15) is 11.1 Å². The number of ether oxygens (including phenoxy) is 2. The summed E-state index contributed by atoms with van der Waals surface area (Å²) < 4.78 is 34.3. The van der Waals surface area contributed by atoms with E-state index in [9.17, 15) is 18.4 Å². The van der Waals surface area contributed by atoms with E-state index in [1.165, 1.54) is 48.5 Å². The Kier molecular flexibility index (Phi) is 6.51. The van der Waals surface area contributed by atoms with Crippen molar-refractivity contribution in [3.8, 4) is 0 Å². The minimum atomic E-state index is -2.16. The van der Waals surface area contributed by atoms with Crippen LogP contribution in [0.25, 0.3) is 0 Å². The molecular formula is C16H12F2O4Sn. The van der Waals surface area contributed by atoms with Gasteiger partial charge in [-0.05, 0) is 0 Å². The molecule has 0 saturated carbocycles. The Morgan fingerprint density at radius 1 is 0.739 bits per heavy atom. The maximum atomic E-state index is 12.7. The number of benzene rings is 2. The van der Waals surface area contributed by atoms with Crippen LogP contribution < -0.4 is 0 Å². The van der Waals surface area contributed by atoms with Gasteiger partial charge in [-0.25, -0.2) is 0 Å². The zero-order valence-electron chi connectivity index (χ0n) is 11.9. The van der Waals surface area contributed by atoms with Gasteiger partial charge in [-0.3, -0.25) is 0 Å². The molecule has 0 aromatic heterocycles. The van der Waals surface area contributed by atoms with Crippen molar-refractivity contribution in [1.82, 2.24) is 0 Å². The van der Waals surface area contributed by atoms with Crippen LogP contribution in [0.5, 0.6) is 0 Å². The molecule has 0 N–H and O–H groups in total. The van der Waals surface area contributed by atoms with E-state index in [0.717, 1.165) is 0 Å². The second-order valence-electron chi connectivity index (χ2n) is 4.53. The Morgan fingerprint density at radius 2 is 1.09 bits per heavy atom. The van der Waals surface area contributed by atoms with Crippen LogP contribution in [0.2, 0.25) is 0 Å². The third kappa shape index (κ3) is 6.35. The predicted molar refractivity (Wildman–Crippen MR) is 78.9 cm³/mol. The average molecular weight is 425 g/mol. The van der Waals surface area contributed by atoms with Gasteiger partial charge in [-0.2, -0.15) is 0 Å². The van der Waals surface area contributed by atoms with Gasteiger partial charge in [0.05, 0.1) is 0 Å². The quantitative estimate of drug-likeness (QED) is 0.664. The molecule has 0 unspecified atom stereocenters. The fraction of sp³-hybridized carbons (Fsp3) is 0.125. The predicted octanol–water partition coefficient (Wildman–Crippen LogP) is 3.64. The minimum absolute atomic E-state index is 0.00873. The first-order valence-electron chi connectivity index (χ1n) is 6.62. The second-order valence-corrected chi connectivity index (χ2v) is 7.57. The SMILES string of the molecule is O=[C](OCc1ccc(F)cc1)[Sn][C](=O)OCc1ccc(F)cc1. The fourth-order valence-electron chi connectivity index (χ4n) is 1.61. The van der Waals surface area contributed by atoms with Crippen LogP contribution in [-0.2, 0) is 22.7 Å². The van der Waals surface area contributed by atoms with Crippen molar-refractivity contribution in [2.24, 2.45) is 0 Å². The molecule has 2 rings (SSSR count). The fourth-order valence-corrected chi connectivity index (χ4v) is 2.91. The van der Waals surface area contributed by atoms with Gasteiger partial charge in [0, 0.05) is 0 Å². The zero-order valence-corrected chi connectivity index (χ0v) is 14.8. The topological polar surface area (TPSA) is 52.6 Å². The number of halogens is 2. The van der Waals surface area contributed by atoms with Gasteiger partial charge in [0.1, 0.15) is 0 Å². The molecule has 23 heavy (non-hydrogen) atoms. The summed E-state index contributed by atoms with van der Waals surface area (Å²) in [5.41, 5.74) is 1.28. The molecule has 0 bridgehead atoms. The molecule has 2 aromatic rings. The van der Waals surface area contributed by atoms with E-state index >= 15 is 0 Å².